The van der Waals surface area contributed by atoms with Crippen LogP contribution in [-0.2, 0) is 6.18 Å². The summed E-state index contributed by atoms with van der Waals surface area (Å²) in [6.07, 6.45) is -4.21. The number of halogens is 3. The van der Waals surface area contributed by atoms with Crippen LogP contribution in [0.4, 0.5) is 13.2 Å². The third-order valence-electron chi connectivity index (χ3n) is 1.90. The molecule has 0 aliphatic heterocycles. The predicted octanol–water partition coefficient (Wildman–Crippen LogP) is 2.67. The minimum atomic E-state index is -4.21. The maximum atomic E-state index is 12.1. The number of hydrogen-bond donors (Lipinski definition) is 0. The highest BCUT2D eigenvalue weighted by Gasteiger charge is 2.30. The molecule has 0 radical (unpaired) electrons. The molecule has 0 nitrogen and oxygen atoms in total. The Morgan fingerprint density at radius 1 is 1.00 bits per heavy atom. The van der Waals surface area contributed by atoms with E-state index in [-0.39, 0.29) is 0 Å². The van der Waals surface area contributed by atoms with Gasteiger partial charge in [-0.25, -0.2) is 0 Å². The van der Waals surface area contributed by atoms with Crippen LogP contribution in [0, 0.1) is 0 Å². The van der Waals surface area contributed by atoms with Crippen LogP contribution >= 0.6 is 0 Å². The highest BCUT2D eigenvalue weighted by atomic mass is 27.2. The van der Waals surface area contributed by atoms with E-state index in [0.29, 0.717) is 0 Å². The van der Waals surface area contributed by atoms with Crippen LogP contribution in [0.5, 0.6) is 0 Å². The number of benzene rings is 1. The molecule has 1 aromatic carbocycles. The van der Waals surface area contributed by atoms with E-state index in [2.05, 4.69) is 11.6 Å². The molecule has 0 spiro atoms. The molecule has 1 aromatic rings. The maximum absolute atomic E-state index is 12.1. The lowest BCUT2D eigenvalue weighted by molar-refractivity contribution is -0.137. The summed E-state index contributed by atoms with van der Waals surface area (Å²) >= 11 is -0.971. The van der Waals surface area contributed by atoms with Crippen molar-refractivity contribution in [2.45, 2.75) is 17.7 Å². The molecule has 0 saturated carbocycles. The molecule has 0 amide bonds. The molecule has 0 aromatic heterocycles. The zero-order valence-electron chi connectivity index (χ0n) is 7.52. The second kappa shape index (κ2) is 3.73. The predicted molar refractivity (Wildman–Crippen MR) is 48.6 cm³/mol. The van der Waals surface area contributed by atoms with Crippen molar-refractivity contribution in [1.29, 1.82) is 0 Å². The molecule has 1 rings (SSSR count). The molecule has 70 valence electrons. The van der Waals surface area contributed by atoms with E-state index in [1.807, 2.05) is 0 Å². The highest BCUT2D eigenvalue weighted by Crippen LogP contribution is 2.28. The number of rotatable bonds is 1. The Balaban J connectivity index is 2.94. The minimum Gasteiger partial charge on any atom is -0.166 e. The summed E-state index contributed by atoms with van der Waals surface area (Å²) in [5.41, 5.74) is -0.564. The van der Waals surface area contributed by atoms with Gasteiger partial charge in [0.25, 0.3) is 14.1 Å². The first kappa shape index (κ1) is 10.6. The van der Waals surface area contributed by atoms with E-state index in [9.17, 15) is 13.2 Å². The molecule has 0 aliphatic rings. The minimum absolute atomic E-state index is 0.564. The van der Waals surface area contributed by atoms with Crippen LogP contribution in [-0.4, -0.2) is 14.1 Å². The van der Waals surface area contributed by atoms with Gasteiger partial charge in [0.15, 0.2) is 0 Å². The fourth-order valence-corrected chi connectivity index (χ4v) is 2.02. The SMILES string of the molecule is [CH3][Al]([CH3])[c]1ccc(C(F)(F)F)cc1. The van der Waals surface area contributed by atoms with Crippen LogP contribution in [0.15, 0.2) is 24.3 Å². The lowest BCUT2D eigenvalue weighted by Gasteiger charge is -2.07. The molecular formula is C9H10AlF3. The molecule has 4 heteroatoms. The van der Waals surface area contributed by atoms with Crippen molar-refractivity contribution < 1.29 is 13.2 Å². The fourth-order valence-electron chi connectivity index (χ4n) is 1.06. The van der Waals surface area contributed by atoms with E-state index in [0.717, 1.165) is 16.6 Å². The van der Waals surface area contributed by atoms with Crippen LogP contribution in [0.25, 0.3) is 0 Å². The van der Waals surface area contributed by atoms with Gasteiger partial charge in [0, 0.05) is 0 Å². The first-order valence-corrected chi connectivity index (χ1v) is 6.97. The van der Waals surface area contributed by atoms with Gasteiger partial charge in [0.2, 0.25) is 0 Å². The Morgan fingerprint density at radius 3 is 1.77 bits per heavy atom. The molecule has 0 N–H and O–H groups in total. The van der Waals surface area contributed by atoms with Crippen LogP contribution in [0.1, 0.15) is 5.56 Å². The van der Waals surface area contributed by atoms with Gasteiger partial charge >= 0.3 is 6.18 Å². The fraction of sp³-hybridized carbons (Fsp3) is 0.333. The summed E-state index contributed by atoms with van der Waals surface area (Å²) in [5, 5.41) is 0. The van der Waals surface area contributed by atoms with Gasteiger partial charge in [-0.05, 0) is 0 Å². The van der Waals surface area contributed by atoms with Crippen molar-refractivity contribution in [3.05, 3.63) is 29.8 Å². The van der Waals surface area contributed by atoms with Crippen molar-refractivity contribution >= 4 is 18.6 Å². The summed E-state index contributed by atoms with van der Waals surface area (Å²) in [4.78, 5) is 0. The average Bonchev–Trinajstić information content (AvgIpc) is 2.03. The van der Waals surface area contributed by atoms with Crippen molar-refractivity contribution in [3.63, 3.8) is 0 Å². The largest absolute Gasteiger partial charge is 0.416 e. The molecule has 0 saturated heterocycles. The molecular weight excluding hydrogens is 192 g/mol. The van der Waals surface area contributed by atoms with E-state index in [1.165, 1.54) is 0 Å². The van der Waals surface area contributed by atoms with Gasteiger partial charge in [0.1, 0.15) is 0 Å². The molecule has 0 heterocycles. The second-order valence-electron chi connectivity index (χ2n) is 3.27. The summed E-state index contributed by atoms with van der Waals surface area (Å²) < 4.78 is 37.5. The zero-order chi connectivity index (χ0) is 10.1. The standard InChI is InChI=1S/C7H4F3.2CH3.Al/c8-7(9,10)6-4-2-1-3-5-6;;;/h2-5H;2*1H3;. The topological polar surface area (TPSA) is 0 Å². The van der Waals surface area contributed by atoms with E-state index in [4.69, 9.17) is 0 Å². The smallest absolute Gasteiger partial charge is 0.166 e. The van der Waals surface area contributed by atoms with Gasteiger partial charge in [-0.3, -0.25) is 0 Å². The monoisotopic (exact) mass is 202 g/mol. The summed E-state index contributed by atoms with van der Waals surface area (Å²) in [7, 11) is 0. The van der Waals surface area contributed by atoms with Gasteiger partial charge in [-0.2, -0.15) is 13.2 Å². The Kier molecular flexibility index (Phi) is 3.05. The quantitative estimate of drug-likeness (QED) is 0.614. The van der Waals surface area contributed by atoms with E-state index in [1.54, 1.807) is 12.1 Å². The van der Waals surface area contributed by atoms with Crippen molar-refractivity contribution in [3.8, 4) is 0 Å². The highest BCUT2D eigenvalue weighted by molar-refractivity contribution is 6.70. The number of hydrogen-bond acceptors (Lipinski definition) is 0. The first-order valence-electron chi connectivity index (χ1n) is 4.08. The Labute approximate surface area is 79.8 Å². The van der Waals surface area contributed by atoms with Crippen LogP contribution in [0.3, 0.4) is 0 Å². The van der Waals surface area contributed by atoms with Gasteiger partial charge in [-0.15, -0.1) is 16.0 Å². The van der Waals surface area contributed by atoms with Crippen LogP contribution < -0.4 is 4.43 Å². The van der Waals surface area contributed by atoms with Crippen molar-refractivity contribution in [2.24, 2.45) is 0 Å². The third-order valence-corrected chi connectivity index (χ3v) is 3.62. The zero-order valence-corrected chi connectivity index (χ0v) is 8.68. The Morgan fingerprint density at radius 2 is 1.46 bits per heavy atom. The average molecular weight is 202 g/mol. The summed E-state index contributed by atoms with van der Waals surface area (Å²) in [6, 6.07) is 5.48. The summed E-state index contributed by atoms with van der Waals surface area (Å²) in [5.74, 6) is 4.17. The maximum Gasteiger partial charge on any atom is 0.416 e. The van der Waals surface area contributed by atoms with E-state index < -0.39 is 25.9 Å². The molecule has 0 unspecified atom stereocenters. The lowest BCUT2D eigenvalue weighted by atomic mass is 10.2. The van der Waals surface area contributed by atoms with Crippen molar-refractivity contribution in [1.82, 2.24) is 0 Å². The van der Waals surface area contributed by atoms with Gasteiger partial charge in [0.05, 0.1) is 5.56 Å². The normalized spacial score (nSPS) is 11.5. The molecule has 0 atom stereocenters. The summed E-state index contributed by atoms with van der Waals surface area (Å²) in [6.45, 7) is 0. The van der Waals surface area contributed by atoms with Crippen LogP contribution in [0.2, 0.25) is 11.6 Å². The Bertz CT molecular complexity index is 274. The third kappa shape index (κ3) is 2.75. The first-order chi connectivity index (χ1) is 5.91. The molecule has 0 bridgehead atoms. The van der Waals surface area contributed by atoms with E-state index >= 15 is 0 Å². The Hall–Kier alpha value is -0.458. The van der Waals surface area contributed by atoms with Gasteiger partial charge < -0.3 is 0 Å². The van der Waals surface area contributed by atoms with Gasteiger partial charge in [-0.1, -0.05) is 24.3 Å². The molecule has 13 heavy (non-hydrogen) atoms. The van der Waals surface area contributed by atoms with Crippen molar-refractivity contribution in [2.75, 3.05) is 0 Å². The second-order valence-corrected chi connectivity index (χ2v) is 6.25. The lowest BCUT2D eigenvalue weighted by Crippen LogP contribution is -2.22. The molecule has 0 aliphatic carbocycles. The molecule has 0 fully saturated rings. The number of alkyl halides is 3.